The lowest BCUT2D eigenvalue weighted by Crippen LogP contribution is -2.54. The first-order valence-corrected chi connectivity index (χ1v) is 13.3. The predicted molar refractivity (Wildman–Crippen MR) is 100.0 cm³/mol. The number of phosphoric acid groups is 3. The summed E-state index contributed by atoms with van der Waals surface area (Å²) < 4.78 is 51.0. The maximum atomic E-state index is 11.9. The molecule has 4 heterocycles. The fourth-order valence-corrected chi connectivity index (χ4v) is 6.58. The first-order valence-electron chi connectivity index (χ1n) is 8.77. The highest BCUT2D eigenvalue weighted by Gasteiger charge is 2.71. The Morgan fingerprint density at radius 3 is 2.42 bits per heavy atom. The molecular formula is C10H19N6O14P3. The van der Waals surface area contributed by atoms with Gasteiger partial charge < -0.3 is 50.3 Å². The summed E-state index contributed by atoms with van der Waals surface area (Å²) >= 11 is 0. The van der Waals surface area contributed by atoms with Crippen LogP contribution in [-0.4, -0.2) is 106 Å². The number of rotatable bonds is 8. The van der Waals surface area contributed by atoms with E-state index in [2.05, 4.69) is 28.6 Å². The first-order chi connectivity index (χ1) is 15.0. The molecule has 23 heteroatoms. The number of nitrogens with two attached hydrogens (primary N) is 1. The summed E-state index contributed by atoms with van der Waals surface area (Å²) in [6, 6.07) is 0. The maximum absolute atomic E-state index is 11.9. The Balaban J connectivity index is 1.41. The van der Waals surface area contributed by atoms with Gasteiger partial charge in [0.05, 0.1) is 13.3 Å². The molecular weight excluding hydrogens is 521 g/mol. The number of amidine groups is 1. The van der Waals surface area contributed by atoms with Crippen LogP contribution in [0.15, 0.2) is 9.98 Å². The molecule has 3 saturated heterocycles. The minimum Gasteiger partial charge on any atom is -0.387 e. The third kappa shape index (κ3) is 4.80. The zero-order chi connectivity index (χ0) is 24.6. The second kappa shape index (κ2) is 8.07. The van der Waals surface area contributed by atoms with E-state index in [9.17, 15) is 33.9 Å². The highest BCUT2D eigenvalue weighted by molar-refractivity contribution is 7.66. The predicted octanol–water partition coefficient (Wildman–Crippen LogP) is -4.39. The molecule has 0 saturated carbocycles. The summed E-state index contributed by atoms with van der Waals surface area (Å²) in [5.41, 5.74) is 7.23. The average Bonchev–Trinajstić information content (AvgIpc) is 3.16. The lowest BCUT2D eigenvalue weighted by atomic mass is 10.1. The van der Waals surface area contributed by atoms with Gasteiger partial charge in [0.15, 0.2) is 18.3 Å². The van der Waals surface area contributed by atoms with Gasteiger partial charge in [-0.3, -0.25) is 4.52 Å². The van der Waals surface area contributed by atoms with Crippen LogP contribution in [0.5, 0.6) is 0 Å². The highest BCUT2D eigenvalue weighted by atomic mass is 31.3. The lowest BCUT2D eigenvalue weighted by molar-refractivity contribution is -0.0739. The van der Waals surface area contributed by atoms with Crippen molar-refractivity contribution in [1.82, 2.24) is 15.3 Å². The van der Waals surface area contributed by atoms with Gasteiger partial charge in [-0.05, 0) is 0 Å². The molecule has 0 radical (unpaired) electrons. The average molecular weight is 540 g/mol. The third-order valence-electron chi connectivity index (χ3n) is 4.90. The van der Waals surface area contributed by atoms with Gasteiger partial charge >= 0.3 is 23.5 Å². The summed E-state index contributed by atoms with van der Waals surface area (Å²) in [6.45, 7) is -0.964. The Kier molecular flexibility index (Phi) is 6.17. The van der Waals surface area contributed by atoms with E-state index >= 15 is 0 Å². The minimum atomic E-state index is -5.72. The molecule has 0 aliphatic carbocycles. The number of aliphatic hydroxyl groups is 3. The number of nitrogens with zero attached hydrogens (tertiary/aromatic N) is 4. The fourth-order valence-electron chi connectivity index (χ4n) is 3.55. The van der Waals surface area contributed by atoms with Gasteiger partial charge in [0.25, 0.3) is 0 Å². The number of aliphatic hydroxyl groups excluding tert-OH is 3. The Morgan fingerprint density at radius 1 is 1.12 bits per heavy atom. The largest absolute Gasteiger partial charge is 0.490 e. The van der Waals surface area contributed by atoms with E-state index in [0.717, 1.165) is 0 Å². The van der Waals surface area contributed by atoms with Crippen LogP contribution >= 0.6 is 23.5 Å². The molecule has 188 valence electrons. The Morgan fingerprint density at radius 2 is 1.79 bits per heavy atom. The minimum absolute atomic E-state index is 0.00965. The van der Waals surface area contributed by atoms with Crippen LogP contribution in [0.2, 0.25) is 0 Å². The Labute approximate surface area is 183 Å². The van der Waals surface area contributed by atoms with Crippen molar-refractivity contribution in [2.75, 3.05) is 13.3 Å². The molecule has 4 unspecified atom stereocenters. The molecule has 9 atom stereocenters. The molecule has 1 spiro atoms. The molecule has 20 nitrogen and oxygen atoms in total. The second-order valence-electron chi connectivity index (χ2n) is 7.15. The van der Waals surface area contributed by atoms with Gasteiger partial charge in [0.1, 0.15) is 18.3 Å². The number of hydrogen-bond acceptors (Lipinski definition) is 16. The van der Waals surface area contributed by atoms with Gasteiger partial charge in [-0.1, -0.05) is 0 Å². The normalized spacial score (nSPS) is 41.5. The number of aliphatic imine (C=N–C) groups is 2. The van der Waals surface area contributed by atoms with Gasteiger partial charge in [-0.25, -0.2) is 24.1 Å². The van der Waals surface area contributed by atoms with Crippen LogP contribution in [0, 0.1) is 0 Å². The van der Waals surface area contributed by atoms with Gasteiger partial charge in [-0.2, -0.15) is 18.6 Å². The Bertz CT molecular complexity index is 1040. The van der Waals surface area contributed by atoms with Crippen molar-refractivity contribution in [1.29, 1.82) is 0 Å². The number of phosphoric ester groups is 1. The highest BCUT2D eigenvalue weighted by Crippen LogP contribution is 2.66. The molecule has 4 aliphatic rings. The summed E-state index contributed by atoms with van der Waals surface area (Å²) in [4.78, 5) is 44.8. The standard InChI is InChI=1S/C10H19N6O14P3/c11-9-12-7-10(8(19)13-9)14-16(10)2-15(7)6-5(18)4(17)3(28-6)1-27-32(23,24)30-33(25,26)29-31(20,21)22/h3-6,8,14,17-19H,1-2H2,(H2,11,13)(H,23,24)(H,25,26)(H2,20,21,22)/t3-,4-,5-,6-,8?,10-,16?/m1/s1. The monoisotopic (exact) mass is 540 g/mol. The molecule has 0 aromatic carbocycles. The van der Waals surface area contributed by atoms with Gasteiger partial charge in [0.2, 0.25) is 11.6 Å². The van der Waals surface area contributed by atoms with E-state index in [1.165, 1.54) is 9.91 Å². The SMILES string of the molecule is NC1=NC(O)[C@]23NN2CN([C@@H]2O[C@H](COP(=O)(O)OP(=O)(O)OP(=O)(O)O)[C@@H](O)[C@H]2O)C3=N1. The van der Waals surface area contributed by atoms with Crippen molar-refractivity contribution in [3.8, 4) is 0 Å². The molecule has 33 heavy (non-hydrogen) atoms. The smallest absolute Gasteiger partial charge is 0.387 e. The van der Waals surface area contributed by atoms with Crippen LogP contribution < -0.4 is 11.2 Å². The summed E-state index contributed by atoms with van der Waals surface area (Å²) in [6.07, 6.45) is -7.41. The van der Waals surface area contributed by atoms with Gasteiger partial charge in [-0.15, -0.1) is 0 Å². The van der Waals surface area contributed by atoms with Crippen LogP contribution in [0.4, 0.5) is 0 Å². The van der Waals surface area contributed by atoms with Crippen molar-refractivity contribution < 1.29 is 66.5 Å². The van der Waals surface area contributed by atoms with Crippen molar-refractivity contribution in [3.05, 3.63) is 0 Å². The maximum Gasteiger partial charge on any atom is 0.490 e. The molecule has 0 amide bonds. The van der Waals surface area contributed by atoms with E-state index in [1.54, 1.807) is 0 Å². The summed E-state index contributed by atoms with van der Waals surface area (Å²) in [5.74, 6) is -0.117. The third-order valence-corrected chi connectivity index (χ3v) is 8.70. The number of ether oxygens (including phenoxy) is 1. The lowest BCUT2D eigenvalue weighted by Gasteiger charge is -2.32. The topological polar surface area (TPSA) is 309 Å². The van der Waals surface area contributed by atoms with Crippen molar-refractivity contribution in [3.63, 3.8) is 0 Å². The van der Waals surface area contributed by atoms with E-state index < -0.39 is 66.5 Å². The molecule has 0 aromatic rings. The zero-order valence-electron chi connectivity index (χ0n) is 16.0. The first kappa shape index (κ1) is 25.2. The van der Waals surface area contributed by atoms with Crippen LogP contribution in [0.3, 0.4) is 0 Å². The van der Waals surface area contributed by atoms with Gasteiger partial charge in [0, 0.05) is 0 Å². The van der Waals surface area contributed by atoms with Crippen molar-refractivity contribution in [2.45, 2.75) is 36.4 Å². The van der Waals surface area contributed by atoms with E-state index in [1.807, 2.05) is 0 Å². The molecule has 0 bridgehead atoms. The second-order valence-corrected chi connectivity index (χ2v) is 11.6. The molecule has 4 rings (SSSR count). The molecule has 10 N–H and O–H groups in total. The van der Waals surface area contributed by atoms with Crippen LogP contribution in [-0.2, 0) is 31.6 Å². The van der Waals surface area contributed by atoms with Crippen LogP contribution in [0.1, 0.15) is 0 Å². The van der Waals surface area contributed by atoms with Crippen molar-refractivity contribution in [2.24, 2.45) is 15.7 Å². The number of nitrogens with one attached hydrogen (secondary N) is 1. The summed E-state index contributed by atoms with van der Waals surface area (Å²) in [5, 5.41) is 32.4. The number of hydrazine groups is 1. The number of hydrogen-bond donors (Lipinski definition) is 9. The molecule has 0 aromatic heterocycles. The van der Waals surface area contributed by atoms with E-state index in [-0.39, 0.29) is 18.5 Å². The number of guanidine groups is 1. The molecule has 4 aliphatic heterocycles. The fraction of sp³-hybridized carbons (Fsp3) is 0.800. The van der Waals surface area contributed by atoms with Crippen molar-refractivity contribution >= 4 is 35.3 Å². The zero-order valence-corrected chi connectivity index (χ0v) is 18.7. The van der Waals surface area contributed by atoms with E-state index in [0.29, 0.717) is 0 Å². The quantitative estimate of drug-likeness (QED) is 0.104. The van der Waals surface area contributed by atoms with E-state index in [4.69, 9.17) is 25.2 Å². The summed E-state index contributed by atoms with van der Waals surface area (Å²) in [7, 11) is -16.7. The van der Waals surface area contributed by atoms with Crippen LogP contribution in [0.25, 0.3) is 0 Å². The Hall–Kier alpha value is -0.890. The molecule has 3 fully saturated rings.